The lowest BCUT2D eigenvalue weighted by Gasteiger charge is -2.33. The molecule has 1 aliphatic heterocycles. The van der Waals surface area contributed by atoms with Crippen molar-refractivity contribution in [2.75, 3.05) is 26.2 Å². The fraction of sp³-hybridized carbons (Fsp3) is 0.250. The van der Waals surface area contributed by atoms with Crippen molar-refractivity contribution in [1.82, 2.24) is 9.21 Å². The highest BCUT2D eigenvalue weighted by molar-refractivity contribution is 7.89. The molecule has 0 bridgehead atoms. The summed E-state index contributed by atoms with van der Waals surface area (Å²) in [5.41, 5.74) is -0.860. The van der Waals surface area contributed by atoms with Crippen LogP contribution in [0, 0.1) is 5.82 Å². The number of carbonyl (C=O) groups excluding carboxylic acids is 1. The van der Waals surface area contributed by atoms with Gasteiger partial charge in [0.2, 0.25) is 15.9 Å². The molecule has 3 rings (SSSR count). The maximum atomic E-state index is 13.9. The van der Waals surface area contributed by atoms with Crippen LogP contribution in [0.5, 0.6) is 0 Å². The number of carbonyl (C=O) groups is 1. The Morgan fingerprint density at radius 2 is 1.68 bits per heavy atom. The number of hydrogen-bond donors (Lipinski definition) is 0. The van der Waals surface area contributed by atoms with E-state index in [0.717, 1.165) is 28.6 Å². The Morgan fingerprint density at radius 3 is 2.29 bits per heavy atom. The number of benzene rings is 2. The summed E-state index contributed by atoms with van der Waals surface area (Å²) in [5.74, 6) is -1.34. The van der Waals surface area contributed by atoms with Gasteiger partial charge >= 0.3 is 6.18 Å². The van der Waals surface area contributed by atoms with Crippen molar-refractivity contribution in [2.45, 2.75) is 11.1 Å². The van der Waals surface area contributed by atoms with Gasteiger partial charge in [-0.15, -0.1) is 0 Å². The van der Waals surface area contributed by atoms with Crippen LogP contribution in [-0.4, -0.2) is 49.7 Å². The van der Waals surface area contributed by atoms with E-state index in [1.54, 1.807) is 0 Å². The van der Waals surface area contributed by atoms with Gasteiger partial charge in [0.1, 0.15) is 10.7 Å². The third-order valence-corrected chi connectivity index (χ3v) is 6.98. The molecule has 0 saturated carbocycles. The van der Waals surface area contributed by atoms with E-state index >= 15 is 0 Å². The van der Waals surface area contributed by atoms with Crippen molar-refractivity contribution in [3.8, 4) is 0 Å². The molecule has 0 N–H and O–H groups in total. The minimum absolute atomic E-state index is 0.0323. The van der Waals surface area contributed by atoms with Crippen molar-refractivity contribution >= 4 is 33.6 Å². The SMILES string of the molecule is O=C(/C=C/c1ccc(Cl)c(C(F)(F)F)c1)N1CCN(S(=O)(=O)c2ccccc2F)CC1. The Bertz CT molecular complexity index is 1110. The van der Waals surface area contributed by atoms with Crippen LogP contribution in [0.15, 0.2) is 53.4 Å². The van der Waals surface area contributed by atoms with E-state index < -0.39 is 43.4 Å². The van der Waals surface area contributed by atoms with Gasteiger partial charge < -0.3 is 4.90 Å². The Hall–Kier alpha value is -2.43. The van der Waals surface area contributed by atoms with Crippen molar-refractivity contribution in [3.63, 3.8) is 0 Å². The molecule has 11 heteroatoms. The van der Waals surface area contributed by atoms with Crippen LogP contribution >= 0.6 is 11.6 Å². The summed E-state index contributed by atoms with van der Waals surface area (Å²) in [6.45, 7) is 0.0569. The molecule has 0 unspecified atom stereocenters. The molecule has 0 aliphatic carbocycles. The number of sulfonamides is 1. The minimum atomic E-state index is -4.62. The van der Waals surface area contributed by atoms with Crippen LogP contribution in [0.1, 0.15) is 11.1 Å². The summed E-state index contributed by atoms with van der Waals surface area (Å²) >= 11 is 5.57. The average molecular weight is 477 g/mol. The van der Waals surface area contributed by atoms with Gasteiger partial charge in [-0.25, -0.2) is 12.8 Å². The van der Waals surface area contributed by atoms with Gasteiger partial charge in [0, 0.05) is 32.3 Å². The van der Waals surface area contributed by atoms with E-state index in [-0.39, 0.29) is 31.7 Å². The topological polar surface area (TPSA) is 57.7 Å². The Balaban J connectivity index is 1.65. The molecule has 1 amide bonds. The highest BCUT2D eigenvalue weighted by atomic mass is 35.5. The summed E-state index contributed by atoms with van der Waals surface area (Å²) in [6.07, 6.45) is -2.27. The Morgan fingerprint density at radius 1 is 1.03 bits per heavy atom. The van der Waals surface area contributed by atoms with Gasteiger partial charge in [0.25, 0.3) is 0 Å². The number of hydrogen-bond acceptors (Lipinski definition) is 3. The molecule has 1 heterocycles. The van der Waals surface area contributed by atoms with Crippen molar-refractivity contribution in [2.24, 2.45) is 0 Å². The van der Waals surface area contributed by atoms with Crippen LogP contribution in [0.2, 0.25) is 5.02 Å². The fourth-order valence-electron chi connectivity index (χ4n) is 3.08. The maximum absolute atomic E-state index is 13.9. The van der Waals surface area contributed by atoms with Crippen molar-refractivity contribution in [1.29, 1.82) is 0 Å². The first-order valence-electron chi connectivity index (χ1n) is 9.08. The highest BCUT2D eigenvalue weighted by Gasteiger charge is 2.33. The minimum Gasteiger partial charge on any atom is -0.337 e. The first-order chi connectivity index (χ1) is 14.5. The maximum Gasteiger partial charge on any atom is 0.417 e. The van der Waals surface area contributed by atoms with Crippen LogP contribution in [-0.2, 0) is 21.0 Å². The number of rotatable bonds is 4. The third-order valence-electron chi connectivity index (χ3n) is 4.72. The third kappa shape index (κ3) is 5.25. The fourth-order valence-corrected chi connectivity index (χ4v) is 4.79. The second kappa shape index (κ2) is 8.97. The molecule has 1 fully saturated rings. The molecule has 1 aliphatic rings. The van der Waals surface area contributed by atoms with Gasteiger partial charge in [-0.2, -0.15) is 17.5 Å². The normalized spacial score (nSPS) is 16.1. The predicted molar refractivity (Wildman–Crippen MR) is 107 cm³/mol. The van der Waals surface area contributed by atoms with Gasteiger partial charge in [0.15, 0.2) is 0 Å². The lowest BCUT2D eigenvalue weighted by atomic mass is 10.1. The molecular weight excluding hydrogens is 460 g/mol. The van der Waals surface area contributed by atoms with Gasteiger partial charge in [-0.05, 0) is 35.9 Å². The van der Waals surface area contributed by atoms with Gasteiger partial charge in [-0.1, -0.05) is 29.8 Å². The van der Waals surface area contributed by atoms with Crippen LogP contribution < -0.4 is 0 Å². The smallest absolute Gasteiger partial charge is 0.337 e. The van der Waals surface area contributed by atoms with E-state index in [9.17, 15) is 30.8 Å². The molecule has 0 aromatic heterocycles. The molecule has 0 atom stereocenters. The van der Waals surface area contributed by atoms with Crippen LogP contribution in [0.25, 0.3) is 6.08 Å². The van der Waals surface area contributed by atoms with E-state index in [1.165, 1.54) is 35.2 Å². The van der Waals surface area contributed by atoms with E-state index in [2.05, 4.69) is 0 Å². The number of piperazine rings is 1. The van der Waals surface area contributed by atoms with Gasteiger partial charge in [-0.3, -0.25) is 4.79 Å². The van der Waals surface area contributed by atoms with Gasteiger partial charge in [0.05, 0.1) is 10.6 Å². The summed E-state index contributed by atoms with van der Waals surface area (Å²) in [4.78, 5) is 13.3. The number of halogens is 5. The molecular formula is C20H17ClF4N2O3S. The highest BCUT2D eigenvalue weighted by Crippen LogP contribution is 2.35. The number of nitrogens with zero attached hydrogens (tertiary/aromatic N) is 2. The van der Waals surface area contributed by atoms with Crippen LogP contribution in [0.4, 0.5) is 17.6 Å². The summed E-state index contributed by atoms with van der Waals surface area (Å²) in [5, 5.41) is -0.442. The monoisotopic (exact) mass is 476 g/mol. The Kier molecular flexibility index (Phi) is 6.73. The molecule has 166 valence electrons. The van der Waals surface area contributed by atoms with E-state index in [4.69, 9.17) is 11.6 Å². The second-order valence-electron chi connectivity index (χ2n) is 6.73. The standard InChI is InChI=1S/C20H17ClF4N2O3S/c21-16-7-5-14(13-15(16)20(23,24)25)6-8-19(28)26-9-11-27(12-10-26)31(29,30)18-4-2-1-3-17(18)22/h1-8,13H,9-12H2/b8-6+. The predicted octanol–water partition coefficient (Wildman–Crippen LogP) is 4.04. The van der Waals surface area contributed by atoms with E-state index in [0.29, 0.717) is 0 Å². The molecule has 0 spiro atoms. The molecule has 5 nitrogen and oxygen atoms in total. The number of alkyl halides is 3. The summed E-state index contributed by atoms with van der Waals surface area (Å²) in [7, 11) is -4.04. The summed E-state index contributed by atoms with van der Waals surface area (Å²) in [6, 6.07) is 8.31. The second-order valence-corrected chi connectivity index (χ2v) is 9.04. The molecule has 2 aromatic carbocycles. The first kappa shape index (κ1) is 23.2. The van der Waals surface area contributed by atoms with Crippen LogP contribution in [0.3, 0.4) is 0 Å². The zero-order chi connectivity index (χ0) is 22.8. The van der Waals surface area contributed by atoms with Crippen molar-refractivity contribution < 1.29 is 30.8 Å². The molecule has 0 radical (unpaired) electrons. The molecule has 2 aromatic rings. The average Bonchev–Trinajstić information content (AvgIpc) is 2.72. The quantitative estimate of drug-likeness (QED) is 0.494. The summed E-state index contributed by atoms with van der Waals surface area (Å²) < 4.78 is 79.0. The zero-order valence-electron chi connectivity index (χ0n) is 15.9. The van der Waals surface area contributed by atoms with Crippen molar-refractivity contribution in [3.05, 3.63) is 70.5 Å². The van der Waals surface area contributed by atoms with E-state index in [1.807, 2.05) is 0 Å². The lowest BCUT2D eigenvalue weighted by Crippen LogP contribution is -2.50. The molecule has 31 heavy (non-hydrogen) atoms. The largest absolute Gasteiger partial charge is 0.417 e. The first-order valence-corrected chi connectivity index (χ1v) is 10.9. The molecule has 1 saturated heterocycles. The number of amides is 1. The zero-order valence-corrected chi connectivity index (χ0v) is 17.5. The Labute approximate surface area is 181 Å². The lowest BCUT2D eigenvalue weighted by molar-refractivity contribution is -0.137.